The van der Waals surface area contributed by atoms with Crippen LogP contribution in [-0.4, -0.2) is 17.1 Å². The van der Waals surface area contributed by atoms with Gasteiger partial charge in [-0.3, -0.25) is 0 Å². The largest absolute Gasteiger partial charge is 0.481 e. The van der Waals surface area contributed by atoms with Crippen molar-refractivity contribution >= 4 is 0 Å². The van der Waals surface area contributed by atoms with Crippen molar-refractivity contribution in [2.24, 2.45) is 5.73 Å². The zero-order valence-corrected chi connectivity index (χ0v) is 11.1. The monoisotopic (exact) mass is 257 g/mol. The van der Waals surface area contributed by atoms with Gasteiger partial charge in [0.1, 0.15) is 6.33 Å². The van der Waals surface area contributed by atoms with E-state index in [1.54, 1.807) is 13.2 Å². The standard InChI is InChI=1S/C15H19N3O/c1-19-15-10-14(17-11-18-15)13(16)9-5-8-12-6-3-2-4-7-12/h2-4,6-7,10-11,13H,5,8-9,16H2,1H3. The molecule has 1 aromatic heterocycles. The van der Waals surface area contributed by atoms with Crippen LogP contribution < -0.4 is 10.5 Å². The van der Waals surface area contributed by atoms with E-state index in [0.29, 0.717) is 5.88 Å². The van der Waals surface area contributed by atoms with E-state index in [9.17, 15) is 0 Å². The second-order valence-corrected chi connectivity index (χ2v) is 4.47. The molecule has 0 saturated carbocycles. The van der Waals surface area contributed by atoms with Crippen LogP contribution in [0.4, 0.5) is 0 Å². The normalized spacial score (nSPS) is 12.1. The van der Waals surface area contributed by atoms with E-state index < -0.39 is 0 Å². The Hall–Kier alpha value is -1.94. The van der Waals surface area contributed by atoms with E-state index >= 15 is 0 Å². The summed E-state index contributed by atoms with van der Waals surface area (Å²) in [4.78, 5) is 8.18. The van der Waals surface area contributed by atoms with Gasteiger partial charge in [0.15, 0.2) is 0 Å². The van der Waals surface area contributed by atoms with E-state index in [1.165, 1.54) is 11.9 Å². The molecule has 0 aliphatic carbocycles. The molecule has 0 radical (unpaired) electrons. The van der Waals surface area contributed by atoms with E-state index in [4.69, 9.17) is 10.5 Å². The van der Waals surface area contributed by atoms with Crippen molar-refractivity contribution in [2.75, 3.05) is 7.11 Å². The zero-order chi connectivity index (χ0) is 13.5. The molecule has 0 amide bonds. The Bertz CT molecular complexity index is 502. The molecule has 0 fully saturated rings. The van der Waals surface area contributed by atoms with Crippen molar-refractivity contribution < 1.29 is 4.74 Å². The van der Waals surface area contributed by atoms with Gasteiger partial charge in [0.2, 0.25) is 5.88 Å². The molecule has 0 spiro atoms. The first-order chi connectivity index (χ1) is 9.29. The number of aromatic nitrogens is 2. The van der Waals surface area contributed by atoms with E-state index in [-0.39, 0.29) is 6.04 Å². The summed E-state index contributed by atoms with van der Waals surface area (Å²) in [6, 6.07) is 12.2. The Morgan fingerprint density at radius 2 is 2.00 bits per heavy atom. The molecule has 2 rings (SSSR count). The van der Waals surface area contributed by atoms with Crippen molar-refractivity contribution in [3.05, 3.63) is 54.0 Å². The molecule has 0 saturated heterocycles. The fourth-order valence-corrected chi connectivity index (χ4v) is 1.99. The highest BCUT2D eigenvalue weighted by atomic mass is 16.5. The topological polar surface area (TPSA) is 61.0 Å². The number of hydrogen-bond donors (Lipinski definition) is 1. The lowest BCUT2D eigenvalue weighted by Gasteiger charge is -2.11. The van der Waals surface area contributed by atoms with Gasteiger partial charge in [-0.25, -0.2) is 9.97 Å². The molecule has 100 valence electrons. The summed E-state index contributed by atoms with van der Waals surface area (Å²) in [5, 5.41) is 0. The SMILES string of the molecule is COc1cc(C(N)CCCc2ccccc2)ncn1. The van der Waals surface area contributed by atoms with Crippen LogP contribution in [0.15, 0.2) is 42.7 Å². The van der Waals surface area contributed by atoms with Crippen LogP contribution in [0, 0.1) is 0 Å². The number of rotatable bonds is 6. The van der Waals surface area contributed by atoms with Gasteiger partial charge in [-0.2, -0.15) is 0 Å². The van der Waals surface area contributed by atoms with Gasteiger partial charge in [-0.1, -0.05) is 30.3 Å². The number of hydrogen-bond acceptors (Lipinski definition) is 4. The minimum atomic E-state index is -0.0689. The average molecular weight is 257 g/mol. The lowest BCUT2D eigenvalue weighted by molar-refractivity contribution is 0.394. The minimum Gasteiger partial charge on any atom is -0.481 e. The van der Waals surface area contributed by atoms with Gasteiger partial charge in [-0.15, -0.1) is 0 Å². The fraction of sp³-hybridized carbons (Fsp3) is 0.333. The van der Waals surface area contributed by atoms with Gasteiger partial charge in [0, 0.05) is 12.1 Å². The summed E-state index contributed by atoms with van der Waals surface area (Å²) in [7, 11) is 1.59. The van der Waals surface area contributed by atoms with Crippen molar-refractivity contribution in [2.45, 2.75) is 25.3 Å². The summed E-state index contributed by atoms with van der Waals surface area (Å²) < 4.78 is 5.07. The maximum atomic E-state index is 6.14. The van der Waals surface area contributed by atoms with Crippen molar-refractivity contribution in [1.29, 1.82) is 0 Å². The van der Waals surface area contributed by atoms with Gasteiger partial charge >= 0.3 is 0 Å². The highest BCUT2D eigenvalue weighted by Crippen LogP contribution is 2.17. The van der Waals surface area contributed by atoms with E-state index in [1.807, 2.05) is 6.07 Å². The van der Waals surface area contributed by atoms with Crippen LogP contribution >= 0.6 is 0 Å². The second-order valence-electron chi connectivity index (χ2n) is 4.47. The van der Waals surface area contributed by atoms with Gasteiger partial charge < -0.3 is 10.5 Å². The van der Waals surface area contributed by atoms with E-state index in [2.05, 4.69) is 34.2 Å². The third-order valence-corrected chi connectivity index (χ3v) is 3.08. The van der Waals surface area contributed by atoms with Gasteiger partial charge in [-0.05, 0) is 24.8 Å². The van der Waals surface area contributed by atoms with Crippen LogP contribution in [0.1, 0.15) is 30.1 Å². The highest BCUT2D eigenvalue weighted by molar-refractivity contribution is 5.17. The maximum absolute atomic E-state index is 6.14. The molecule has 0 aliphatic heterocycles. The molecule has 1 unspecified atom stereocenters. The maximum Gasteiger partial charge on any atom is 0.216 e. The molecule has 19 heavy (non-hydrogen) atoms. The van der Waals surface area contributed by atoms with E-state index in [0.717, 1.165) is 25.0 Å². The highest BCUT2D eigenvalue weighted by Gasteiger charge is 2.09. The van der Waals surface area contributed by atoms with Crippen LogP contribution in [0.25, 0.3) is 0 Å². The Kier molecular flexibility index (Phi) is 4.86. The molecule has 1 atom stereocenters. The minimum absolute atomic E-state index is 0.0689. The Morgan fingerprint density at radius 1 is 1.21 bits per heavy atom. The second kappa shape index (κ2) is 6.85. The summed E-state index contributed by atoms with van der Waals surface area (Å²) in [5.74, 6) is 0.559. The number of nitrogens with zero attached hydrogens (tertiary/aromatic N) is 2. The lowest BCUT2D eigenvalue weighted by atomic mass is 10.0. The summed E-state index contributed by atoms with van der Waals surface area (Å²) in [6.07, 6.45) is 4.47. The summed E-state index contributed by atoms with van der Waals surface area (Å²) in [6.45, 7) is 0. The molecule has 2 aromatic rings. The first-order valence-corrected chi connectivity index (χ1v) is 6.45. The number of ether oxygens (including phenoxy) is 1. The Morgan fingerprint density at radius 3 is 2.74 bits per heavy atom. The molecule has 2 N–H and O–H groups in total. The third-order valence-electron chi connectivity index (χ3n) is 3.08. The first kappa shape index (κ1) is 13.5. The molecule has 4 heteroatoms. The first-order valence-electron chi connectivity index (χ1n) is 6.45. The van der Waals surface area contributed by atoms with Crippen molar-refractivity contribution in [3.63, 3.8) is 0 Å². The van der Waals surface area contributed by atoms with Crippen molar-refractivity contribution in [1.82, 2.24) is 9.97 Å². The summed E-state index contributed by atoms with van der Waals surface area (Å²) in [5.41, 5.74) is 8.31. The van der Waals surface area contributed by atoms with Crippen LogP contribution in [0.2, 0.25) is 0 Å². The quantitative estimate of drug-likeness (QED) is 0.863. The average Bonchev–Trinajstić information content (AvgIpc) is 2.48. The molecular weight excluding hydrogens is 238 g/mol. The van der Waals surface area contributed by atoms with Gasteiger partial charge in [0.05, 0.1) is 12.8 Å². The lowest BCUT2D eigenvalue weighted by Crippen LogP contribution is -2.12. The molecule has 0 bridgehead atoms. The number of methoxy groups -OCH3 is 1. The predicted octanol–water partition coefficient (Wildman–Crippen LogP) is 2.51. The van der Waals surface area contributed by atoms with Crippen LogP contribution in [-0.2, 0) is 6.42 Å². The molecule has 1 aromatic carbocycles. The third kappa shape index (κ3) is 4.03. The van der Waals surface area contributed by atoms with Crippen LogP contribution in [0.5, 0.6) is 5.88 Å². The number of aryl methyl sites for hydroxylation is 1. The van der Waals surface area contributed by atoms with Crippen LogP contribution in [0.3, 0.4) is 0 Å². The van der Waals surface area contributed by atoms with Gasteiger partial charge in [0.25, 0.3) is 0 Å². The number of nitrogens with two attached hydrogens (primary N) is 1. The molecule has 1 heterocycles. The zero-order valence-electron chi connectivity index (χ0n) is 11.1. The fourth-order valence-electron chi connectivity index (χ4n) is 1.99. The van der Waals surface area contributed by atoms with Crippen molar-refractivity contribution in [3.8, 4) is 5.88 Å². The predicted molar refractivity (Wildman–Crippen MR) is 74.9 cm³/mol. The smallest absolute Gasteiger partial charge is 0.216 e. The Labute approximate surface area is 113 Å². The summed E-state index contributed by atoms with van der Waals surface area (Å²) >= 11 is 0. The molecular formula is C15H19N3O. The molecule has 0 aliphatic rings. The Balaban J connectivity index is 1.85. The molecule has 4 nitrogen and oxygen atoms in total. The number of benzene rings is 1.